The molecule has 0 amide bonds. The second-order valence-electron chi connectivity index (χ2n) is 7.33. The second-order valence-corrected chi connectivity index (χ2v) is 7.33. The number of hydrogen-bond donors (Lipinski definition) is 3. The van der Waals surface area contributed by atoms with Crippen LogP contribution in [0.15, 0.2) is 39.7 Å². The van der Waals surface area contributed by atoms with Crippen molar-refractivity contribution in [2.24, 2.45) is 10.4 Å². The number of para-hydroxylation sites is 1. The van der Waals surface area contributed by atoms with Crippen LogP contribution in [-0.2, 0) is 6.54 Å². The Balaban J connectivity index is 1.64. The maximum Gasteiger partial charge on any atom is 0.191 e. The van der Waals surface area contributed by atoms with Gasteiger partial charge in [0.2, 0.25) is 0 Å². The van der Waals surface area contributed by atoms with Crippen molar-refractivity contribution in [3.8, 4) is 0 Å². The molecule has 3 N–H and O–H groups in total. The fourth-order valence-corrected chi connectivity index (χ4v) is 3.94. The summed E-state index contributed by atoms with van der Waals surface area (Å²) in [5.74, 6) is 1.68. The molecule has 0 saturated heterocycles. The number of aliphatic imine (C=N–C) groups is 1. The third-order valence-electron chi connectivity index (χ3n) is 5.40. The molecule has 0 radical (unpaired) electrons. The van der Waals surface area contributed by atoms with Gasteiger partial charge in [-0.3, -0.25) is 0 Å². The summed E-state index contributed by atoms with van der Waals surface area (Å²) in [6.07, 6.45) is 7.06. The lowest BCUT2D eigenvalue weighted by Gasteiger charge is -2.37. The first-order chi connectivity index (χ1) is 12.7. The lowest BCUT2D eigenvalue weighted by atomic mass is 9.72. The highest BCUT2D eigenvalue weighted by Crippen LogP contribution is 2.38. The number of rotatable bonds is 7. The van der Waals surface area contributed by atoms with Gasteiger partial charge in [0.05, 0.1) is 0 Å². The summed E-state index contributed by atoms with van der Waals surface area (Å²) in [6, 6.07) is 10.1. The van der Waals surface area contributed by atoms with Crippen molar-refractivity contribution in [2.45, 2.75) is 52.0 Å². The first-order valence-corrected chi connectivity index (χ1v) is 9.85. The zero-order valence-electron chi connectivity index (χ0n) is 15.8. The molecule has 5 heteroatoms. The first-order valence-electron chi connectivity index (χ1n) is 9.85. The summed E-state index contributed by atoms with van der Waals surface area (Å²) >= 11 is 0. The lowest BCUT2D eigenvalue weighted by molar-refractivity contribution is 0.131. The molecule has 0 spiro atoms. The summed E-state index contributed by atoms with van der Waals surface area (Å²) in [5, 5.41) is 17.4. The number of furan rings is 1. The van der Waals surface area contributed by atoms with Crippen LogP contribution in [0.5, 0.6) is 0 Å². The highest BCUT2D eigenvalue weighted by Gasteiger charge is 2.31. The van der Waals surface area contributed by atoms with E-state index in [4.69, 9.17) is 9.41 Å². The Morgan fingerprint density at radius 1 is 1.19 bits per heavy atom. The molecule has 0 bridgehead atoms. The van der Waals surface area contributed by atoms with Crippen molar-refractivity contribution in [1.82, 2.24) is 10.6 Å². The number of aliphatic hydroxyl groups excluding tert-OH is 1. The summed E-state index contributed by atoms with van der Waals surface area (Å²) < 4.78 is 5.85. The smallest absolute Gasteiger partial charge is 0.191 e. The van der Waals surface area contributed by atoms with Crippen LogP contribution in [-0.4, -0.2) is 30.8 Å². The van der Waals surface area contributed by atoms with Crippen LogP contribution < -0.4 is 10.6 Å². The van der Waals surface area contributed by atoms with Gasteiger partial charge in [0.1, 0.15) is 17.9 Å². The summed E-state index contributed by atoms with van der Waals surface area (Å²) in [7, 11) is 0. The Labute approximate surface area is 155 Å². The van der Waals surface area contributed by atoms with Crippen LogP contribution in [0.3, 0.4) is 0 Å². The summed E-state index contributed by atoms with van der Waals surface area (Å²) in [5.41, 5.74) is 1.10. The lowest BCUT2D eigenvalue weighted by Crippen LogP contribution is -2.44. The average Bonchev–Trinajstić information content (AvgIpc) is 3.08. The first kappa shape index (κ1) is 18.8. The van der Waals surface area contributed by atoms with Crippen LogP contribution in [0.4, 0.5) is 0 Å². The van der Waals surface area contributed by atoms with E-state index in [9.17, 15) is 5.11 Å². The number of nitrogens with one attached hydrogen (secondary N) is 2. The van der Waals surface area contributed by atoms with Gasteiger partial charge in [0.15, 0.2) is 5.96 Å². The fourth-order valence-electron chi connectivity index (χ4n) is 3.94. The van der Waals surface area contributed by atoms with Crippen molar-refractivity contribution in [3.63, 3.8) is 0 Å². The molecule has 1 aliphatic carbocycles. The van der Waals surface area contributed by atoms with Crippen molar-refractivity contribution < 1.29 is 9.52 Å². The minimum Gasteiger partial charge on any atom is -0.459 e. The van der Waals surface area contributed by atoms with Gasteiger partial charge in [-0.1, -0.05) is 37.5 Å². The molecule has 1 aromatic heterocycles. The van der Waals surface area contributed by atoms with Crippen LogP contribution in [0.2, 0.25) is 0 Å². The van der Waals surface area contributed by atoms with E-state index in [-0.39, 0.29) is 12.0 Å². The number of fused-ring (bicyclic) bond motifs is 1. The molecule has 5 nitrogen and oxygen atoms in total. The number of benzene rings is 1. The molecule has 1 heterocycles. The van der Waals surface area contributed by atoms with Gasteiger partial charge in [-0.15, -0.1) is 0 Å². The normalized spacial score (nSPS) is 17.4. The minimum absolute atomic E-state index is 0.197. The second kappa shape index (κ2) is 9.08. The standard InChI is InChI=1S/C21H31N3O2/c1-2-22-20(24-16-21(12-13-25)10-6-3-7-11-21)23-15-18-14-17-8-4-5-9-19(17)26-18/h4-5,8-9,14,25H,2-3,6-7,10-13,15-16H2,1H3,(H2,22,23,24). The zero-order valence-corrected chi connectivity index (χ0v) is 15.8. The highest BCUT2D eigenvalue weighted by atomic mass is 16.3. The Bertz CT molecular complexity index is 678. The van der Waals surface area contributed by atoms with Gasteiger partial charge in [0, 0.05) is 25.1 Å². The Kier molecular flexibility index (Phi) is 6.56. The largest absolute Gasteiger partial charge is 0.459 e. The van der Waals surface area contributed by atoms with Gasteiger partial charge in [-0.05, 0) is 43.7 Å². The van der Waals surface area contributed by atoms with Crippen molar-refractivity contribution >= 4 is 16.9 Å². The van der Waals surface area contributed by atoms with Crippen LogP contribution in [0, 0.1) is 5.41 Å². The van der Waals surface area contributed by atoms with E-state index >= 15 is 0 Å². The summed E-state index contributed by atoms with van der Waals surface area (Å²) in [4.78, 5) is 4.69. The van der Waals surface area contributed by atoms with E-state index in [2.05, 4.69) is 29.7 Å². The number of hydrogen-bond acceptors (Lipinski definition) is 3. The maximum atomic E-state index is 9.49. The van der Waals surface area contributed by atoms with E-state index in [1.165, 1.54) is 32.1 Å². The van der Waals surface area contributed by atoms with Crippen LogP contribution >= 0.6 is 0 Å². The third-order valence-corrected chi connectivity index (χ3v) is 5.40. The van der Waals surface area contributed by atoms with Gasteiger partial charge in [-0.2, -0.15) is 0 Å². The predicted molar refractivity (Wildman–Crippen MR) is 106 cm³/mol. The molecule has 0 aliphatic heterocycles. The average molecular weight is 357 g/mol. The van der Waals surface area contributed by atoms with Gasteiger partial charge < -0.3 is 20.2 Å². The molecule has 0 unspecified atom stereocenters. The topological polar surface area (TPSA) is 69.8 Å². The van der Waals surface area contributed by atoms with Gasteiger partial charge >= 0.3 is 0 Å². The maximum absolute atomic E-state index is 9.49. The molecule has 3 rings (SSSR count). The highest BCUT2D eigenvalue weighted by molar-refractivity contribution is 5.80. The van der Waals surface area contributed by atoms with Gasteiger partial charge in [-0.25, -0.2) is 4.99 Å². The SMILES string of the molecule is CCNC(=NCc1cc2ccccc2o1)NCC1(CCO)CCCCC1. The Morgan fingerprint density at radius 2 is 2.00 bits per heavy atom. The molecule has 2 aromatic rings. The zero-order chi connectivity index (χ0) is 18.2. The molecular formula is C21H31N3O2. The van der Waals surface area contributed by atoms with E-state index in [0.717, 1.165) is 42.2 Å². The third kappa shape index (κ3) is 4.79. The predicted octanol–water partition coefficient (Wildman–Crippen LogP) is 3.82. The monoisotopic (exact) mass is 357 g/mol. The fraction of sp³-hybridized carbons (Fsp3) is 0.571. The molecule has 1 fully saturated rings. The van der Waals surface area contributed by atoms with Gasteiger partial charge in [0.25, 0.3) is 0 Å². The Morgan fingerprint density at radius 3 is 2.73 bits per heavy atom. The Hall–Kier alpha value is -2.01. The number of guanidine groups is 1. The van der Waals surface area contributed by atoms with Crippen molar-refractivity contribution in [3.05, 3.63) is 36.1 Å². The molecule has 1 aliphatic rings. The molecular weight excluding hydrogens is 326 g/mol. The van der Waals surface area contributed by atoms with E-state index < -0.39 is 0 Å². The van der Waals surface area contributed by atoms with E-state index in [1.54, 1.807) is 0 Å². The van der Waals surface area contributed by atoms with Crippen LogP contribution in [0.1, 0.15) is 51.2 Å². The number of nitrogens with zero attached hydrogens (tertiary/aromatic N) is 1. The minimum atomic E-state index is 0.197. The molecule has 0 atom stereocenters. The molecule has 142 valence electrons. The number of aliphatic hydroxyl groups is 1. The van der Waals surface area contributed by atoms with Crippen molar-refractivity contribution in [1.29, 1.82) is 0 Å². The molecule has 1 saturated carbocycles. The molecule has 26 heavy (non-hydrogen) atoms. The van der Waals surface area contributed by atoms with E-state index in [0.29, 0.717) is 6.54 Å². The molecule has 1 aromatic carbocycles. The van der Waals surface area contributed by atoms with Crippen molar-refractivity contribution in [2.75, 3.05) is 19.7 Å². The quantitative estimate of drug-likeness (QED) is 0.520. The summed E-state index contributed by atoms with van der Waals surface area (Å²) in [6.45, 7) is 4.52. The van der Waals surface area contributed by atoms with Crippen LogP contribution in [0.25, 0.3) is 11.0 Å². The van der Waals surface area contributed by atoms with E-state index in [1.807, 2.05) is 18.2 Å².